The van der Waals surface area contributed by atoms with Crippen LogP contribution in [-0.4, -0.2) is 35.2 Å². The van der Waals surface area contributed by atoms with E-state index in [9.17, 15) is 4.79 Å². The SMILES string of the molecule is CC(N)c1cccc(NC(=O)N(CCO)C2CC2)c1. The normalized spacial score (nSPS) is 15.9. The molecule has 1 aliphatic rings. The predicted molar refractivity (Wildman–Crippen MR) is 74.9 cm³/mol. The van der Waals surface area contributed by atoms with Crippen LogP contribution < -0.4 is 11.1 Å². The van der Waals surface area contributed by atoms with Crippen molar-refractivity contribution in [3.05, 3.63) is 29.8 Å². The van der Waals surface area contributed by atoms with Gasteiger partial charge in [0.25, 0.3) is 0 Å². The van der Waals surface area contributed by atoms with E-state index in [1.54, 1.807) is 4.90 Å². The third-order valence-corrected chi connectivity index (χ3v) is 3.25. The van der Waals surface area contributed by atoms with E-state index in [1.807, 2.05) is 31.2 Å². The Hall–Kier alpha value is -1.59. The van der Waals surface area contributed by atoms with Crippen molar-refractivity contribution in [2.45, 2.75) is 31.8 Å². The van der Waals surface area contributed by atoms with Crippen LogP contribution in [-0.2, 0) is 0 Å². The number of nitrogens with zero attached hydrogens (tertiary/aromatic N) is 1. The van der Waals surface area contributed by atoms with Crippen LogP contribution in [0.1, 0.15) is 31.4 Å². The van der Waals surface area contributed by atoms with E-state index in [-0.39, 0.29) is 24.7 Å². The molecule has 0 spiro atoms. The van der Waals surface area contributed by atoms with E-state index in [4.69, 9.17) is 10.8 Å². The number of carbonyl (C=O) groups is 1. The number of nitrogens with one attached hydrogen (secondary N) is 1. The van der Waals surface area contributed by atoms with Crippen molar-refractivity contribution in [1.82, 2.24) is 4.90 Å². The van der Waals surface area contributed by atoms with Crippen molar-refractivity contribution in [2.75, 3.05) is 18.5 Å². The van der Waals surface area contributed by atoms with Gasteiger partial charge in [-0.2, -0.15) is 0 Å². The van der Waals surface area contributed by atoms with Crippen molar-refractivity contribution in [1.29, 1.82) is 0 Å². The standard InChI is InChI=1S/C14H21N3O2/c1-10(15)11-3-2-4-12(9-11)16-14(19)17(7-8-18)13-5-6-13/h2-4,9-10,13,18H,5-8,15H2,1H3,(H,16,19). The minimum Gasteiger partial charge on any atom is -0.395 e. The fraction of sp³-hybridized carbons (Fsp3) is 0.500. The molecule has 0 saturated heterocycles. The first-order valence-electron chi connectivity index (χ1n) is 6.66. The summed E-state index contributed by atoms with van der Waals surface area (Å²) in [4.78, 5) is 13.8. The number of hydrogen-bond donors (Lipinski definition) is 3. The molecule has 0 bridgehead atoms. The number of aliphatic hydroxyl groups is 1. The van der Waals surface area contributed by atoms with Gasteiger partial charge in [0.2, 0.25) is 0 Å². The minimum absolute atomic E-state index is 0.0101. The first kappa shape index (κ1) is 13.8. The highest BCUT2D eigenvalue weighted by Crippen LogP contribution is 2.27. The minimum atomic E-state index is -0.154. The Labute approximate surface area is 113 Å². The molecule has 0 aliphatic heterocycles. The first-order valence-corrected chi connectivity index (χ1v) is 6.66. The molecule has 4 N–H and O–H groups in total. The van der Waals surface area contributed by atoms with Gasteiger partial charge >= 0.3 is 6.03 Å². The number of aliphatic hydroxyl groups excluding tert-OH is 1. The largest absolute Gasteiger partial charge is 0.395 e. The average molecular weight is 263 g/mol. The highest BCUT2D eigenvalue weighted by Gasteiger charge is 2.32. The fourth-order valence-corrected chi connectivity index (χ4v) is 2.04. The van der Waals surface area contributed by atoms with E-state index in [2.05, 4.69) is 5.32 Å². The molecule has 0 heterocycles. The summed E-state index contributed by atoms with van der Waals surface area (Å²) in [6.07, 6.45) is 2.04. The van der Waals surface area contributed by atoms with Crippen molar-refractivity contribution < 1.29 is 9.90 Å². The van der Waals surface area contributed by atoms with Gasteiger partial charge in [0.15, 0.2) is 0 Å². The number of anilines is 1. The van der Waals surface area contributed by atoms with Gasteiger partial charge in [-0.3, -0.25) is 0 Å². The lowest BCUT2D eigenvalue weighted by Crippen LogP contribution is -2.38. The van der Waals surface area contributed by atoms with Crippen molar-refractivity contribution in [2.24, 2.45) is 5.73 Å². The Kier molecular flexibility index (Phi) is 4.39. The second-order valence-electron chi connectivity index (χ2n) is 4.99. The van der Waals surface area contributed by atoms with Gasteiger partial charge in [-0.1, -0.05) is 12.1 Å². The Bertz CT molecular complexity index is 444. The predicted octanol–water partition coefficient (Wildman–Crippen LogP) is 1.69. The summed E-state index contributed by atoms with van der Waals surface area (Å²) in [6.45, 7) is 2.27. The van der Waals surface area contributed by atoms with Crippen LogP contribution in [0.2, 0.25) is 0 Å². The number of carbonyl (C=O) groups excluding carboxylic acids is 1. The molecule has 1 aliphatic carbocycles. The molecule has 1 fully saturated rings. The summed E-state index contributed by atoms with van der Waals surface area (Å²) in [5.41, 5.74) is 7.55. The van der Waals surface area contributed by atoms with E-state index >= 15 is 0 Å². The summed E-state index contributed by atoms with van der Waals surface area (Å²) < 4.78 is 0. The van der Waals surface area contributed by atoms with Gasteiger partial charge in [-0.15, -0.1) is 0 Å². The molecule has 1 aromatic carbocycles. The Morgan fingerprint density at radius 3 is 2.89 bits per heavy atom. The quantitative estimate of drug-likeness (QED) is 0.756. The van der Waals surface area contributed by atoms with Gasteiger partial charge < -0.3 is 21.1 Å². The maximum Gasteiger partial charge on any atom is 0.322 e. The van der Waals surface area contributed by atoms with Crippen LogP contribution in [0.25, 0.3) is 0 Å². The summed E-state index contributed by atoms with van der Waals surface area (Å²) >= 11 is 0. The number of urea groups is 1. The van der Waals surface area contributed by atoms with Crippen LogP contribution in [0, 0.1) is 0 Å². The molecule has 5 nitrogen and oxygen atoms in total. The van der Waals surface area contributed by atoms with E-state index in [0.717, 1.165) is 24.1 Å². The Balaban J connectivity index is 2.02. The van der Waals surface area contributed by atoms with E-state index in [0.29, 0.717) is 6.54 Å². The fourth-order valence-electron chi connectivity index (χ4n) is 2.04. The zero-order chi connectivity index (χ0) is 13.8. The summed E-state index contributed by atoms with van der Waals surface area (Å²) in [5.74, 6) is 0. The molecular formula is C14H21N3O2. The second kappa shape index (κ2) is 6.04. The number of hydrogen-bond acceptors (Lipinski definition) is 3. The van der Waals surface area contributed by atoms with Crippen LogP contribution in [0.3, 0.4) is 0 Å². The Morgan fingerprint density at radius 1 is 1.58 bits per heavy atom. The van der Waals surface area contributed by atoms with Crippen LogP contribution in [0.15, 0.2) is 24.3 Å². The van der Waals surface area contributed by atoms with Crippen molar-refractivity contribution in [3.8, 4) is 0 Å². The third kappa shape index (κ3) is 3.68. The monoisotopic (exact) mass is 263 g/mol. The number of rotatable bonds is 5. The van der Waals surface area contributed by atoms with Gasteiger partial charge in [-0.05, 0) is 37.5 Å². The smallest absolute Gasteiger partial charge is 0.322 e. The molecule has 1 atom stereocenters. The molecule has 1 unspecified atom stereocenters. The molecule has 2 rings (SSSR count). The second-order valence-corrected chi connectivity index (χ2v) is 4.99. The summed E-state index contributed by atoms with van der Waals surface area (Å²) in [7, 11) is 0. The number of amides is 2. The van der Waals surface area contributed by atoms with Crippen LogP contribution in [0.4, 0.5) is 10.5 Å². The maximum atomic E-state index is 12.1. The molecule has 5 heteroatoms. The highest BCUT2D eigenvalue weighted by molar-refractivity contribution is 5.89. The summed E-state index contributed by atoms with van der Waals surface area (Å²) in [5, 5.41) is 11.9. The lowest BCUT2D eigenvalue weighted by molar-refractivity contribution is 0.185. The van der Waals surface area contributed by atoms with Gasteiger partial charge in [0.1, 0.15) is 0 Å². The van der Waals surface area contributed by atoms with Crippen molar-refractivity contribution in [3.63, 3.8) is 0 Å². The molecule has 1 aromatic rings. The average Bonchev–Trinajstić information content (AvgIpc) is 3.20. The van der Waals surface area contributed by atoms with E-state index in [1.165, 1.54) is 0 Å². The van der Waals surface area contributed by atoms with E-state index < -0.39 is 0 Å². The van der Waals surface area contributed by atoms with Crippen LogP contribution >= 0.6 is 0 Å². The molecule has 1 saturated carbocycles. The summed E-state index contributed by atoms with van der Waals surface area (Å²) in [6, 6.07) is 7.60. The molecule has 19 heavy (non-hydrogen) atoms. The highest BCUT2D eigenvalue weighted by atomic mass is 16.3. The van der Waals surface area contributed by atoms with Gasteiger partial charge in [-0.25, -0.2) is 4.79 Å². The van der Waals surface area contributed by atoms with Gasteiger partial charge in [0, 0.05) is 24.3 Å². The first-order chi connectivity index (χ1) is 9.11. The topological polar surface area (TPSA) is 78.6 Å². The Morgan fingerprint density at radius 2 is 2.32 bits per heavy atom. The third-order valence-electron chi connectivity index (χ3n) is 3.25. The zero-order valence-corrected chi connectivity index (χ0v) is 11.2. The lowest BCUT2D eigenvalue weighted by atomic mass is 10.1. The number of benzene rings is 1. The molecule has 0 aromatic heterocycles. The number of nitrogens with two attached hydrogens (primary N) is 1. The molecule has 2 amide bonds. The van der Waals surface area contributed by atoms with Crippen LogP contribution in [0.5, 0.6) is 0 Å². The molecular weight excluding hydrogens is 242 g/mol. The molecule has 104 valence electrons. The zero-order valence-electron chi connectivity index (χ0n) is 11.2. The lowest BCUT2D eigenvalue weighted by Gasteiger charge is -2.22. The van der Waals surface area contributed by atoms with Gasteiger partial charge in [0.05, 0.1) is 6.61 Å². The van der Waals surface area contributed by atoms with Crippen molar-refractivity contribution >= 4 is 11.7 Å². The maximum absolute atomic E-state index is 12.1. The molecule has 0 radical (unpaired) electrons.